The van der Waals surface area contributed by atoms with E-state index in [0.29, 0.717) is 19.0 Å². The van der Waals surface area contributed by atoms with Crippen molar-refractivity contribution in [1.82, 2.24) is 15.5 Å². The lowest BCUT2D eigenvalue weighted by molar-refractivity contribution is 0.344. The predicted molar refractivity (Wildman–Crippen MR) is 117 cm³/mol. The first-order valence-electron chi connectivity index (χ1n) is 9.12. The van der Waals surface area contributed by atoms with Crippen molar-refractivity contribution in [3.8, 4) is 6.19 Å². The van der Waals surface area contributed by atoms with E-state index in [1.807, 2.05) is 74.9 Å². The van der Waals surface area contributed by atoms with E-state index in [0.717, 1.165) is 35.1 Å². The van der Waals surface area contributed by atoms with E-state index < -0.39 is 0 Å². The summed E-state index contributed by atoms with van der Waals surface area (Å²) in [5, 5.41) is 14.6. The summed E-state index contributed by atoms with van der Waals surface area (Å²) in [5.74, 6) is 4.17. The van der Waals surface area contributed by atoms with Crippen LogP contribution in [0.2, 0.25) is 0 Å². The molecule has 0 saturated carbocycles. The molecule has 0 aliphatic carbocycles. The van der Waals surface area contributed by atoms with Gasteiger partial charge in [0.2, 0.25) is 5.96 Å². The average Bonchev–Trinajstić information content (AvgIpc) is 3.12. The fourth-order valence-electron chi connectivity index (χ4n) is 2.40. The van der Waals surface area contributed by atoms with Gasteiger partial charge in [0.15, 0.2) is 6.19 Å². The second-order valence-corrected chi connectivity index (χ2v) is 7.43. The van der Waals surface area contributed by atoms with Crippen LogP contribution >= 0.6 is 11.8 Å². The van der Waals surface area contributed by atoms with Crippen molar-refractivity contribution >= 4 is 23.8 Å². The van der Waals surface area contributed by atoms with Crippen LogP contribution in [0.1, 0.15) is 17.1 Å². The van der Waals surface area contributed by atoms with Crippen molar-refractivity contribution in [2.75, 3.05) is 32.9 Å². The Labute approximate surface area is 171 Å². The summed E-state index contributed by atoms with van der Waals surface area (Å²) >= 11 is 1.77. The third kappa shape index (κ3) is 8.80. The molecule has 2 rings (SSSR count). The number of hydrogen-bond acceptors (Lipinski definition) is 5. The highest BCUT2D eigenvalue weighted by Gasteiger charge is 2.03. The maximum absolute atomic E-state index is 8.87. The number of benzene rings is 1. The molecule has 0 aliphatic rings. The Hall–Kier alpha value is -2.69. The fraction of sp³-hybridized carbons (Fsp3) is 0.333. The van der Waals surface area contributed by atoms with E-state index in [9.17, 15) is 0 Å². The Balaban J connectivity index is 1.67. The van der Waals surface area contributed by atoms with Crippen LogP contribution in [0.25, 0.3) is 6.08 Å². The maximum Gasteiger partial charge on any atom is 0.205 e. The zero-order chi connectivity index (χ0) is 20.0. The van der Waals surface area contributed by atoms with Gasteiger partial charge in [-0.3, -0.25) is 5.32 Å². The molecule has 0 bridgehead atoms. The van der Waals surface area contributed by atoms with E-state index >= 15 is 0 Å². The van der Waals surface area contributed by atoms with Crippen LogP contribution in [0.5, 0.6) is 0 Å². The lowest BCUT2D eigenvalue weighted by Gasteiger charge is -2.07. The van der Waals surface area contributed by atoms with Crippen LogP contribution < -0.4 is 10.6 Å². The van der Waals surface area contributed by atoms with Crippen LogP contribution in [-0.2, 0) is 12.3 Å². The van der Waals surface area contributed by atoms with E-state index in [-0.39, 0.29) is 0 Å². The van der Waals surface area contributed by atoms with Gasteiger partial charge >= 0.3 is 0 Å². The van der Waals surface area contributed by atoms with Crippen LogP contribution in [0.3, 0.4) is 0 Å². The van der Waals surface area contributed by atoms with Gasteiger partial charge in [-0.15, -0.1) is 0 Å². The van der Waals surface area contributed by atoms with Gasteiger partial charge in [0.1, 0.15) is 11.5 Å². The average molecular weight is 398 g/mol. The van der Waals surface area contributed by atoms with E-state index in [2.05, 4.69) is 20.5 Å². The van der Waals surface area contributed by atoms with Crippen LogP contribution in [0.15, 0.2) is 58.0 Å². The molecule has 2 N–H and O–H groups in total. The summed E-state index contributed by atoms with van der Waals surface area (Å²) in [7, 11) is 4.04. The summed E-state index contributed by atoms with van der Waals surface area (Å²) in [6.45, 7) is 2.02. The van der Waals surface area contributed by atoms with Gasteiger partial charge in [-0.2, -0.15) is 17.0 Å². The first-order valence-corrected chi connectivity index (χ1v) is 10.3. The quantitative estimate of drug-likeness (QED) is 0.211. The molecule has 0 spiro atoms. The Morgan fingerprint density at radius 1 is 1.21 bits per heavy atom. The molecule has 0 saturated heterocycles. The fourth-order valence-corrected chi connectivity index (χ4v) is 3.15. The van der Waals surface area contributed by atoms with Gasteiger partial charge in [-0.25, -0.2) is 4.99 Å². The predicted octanol–water partition coefficient (Wildman–Crippen LogP) is 3.30. The Morgan fingerprint density at radius 3 is 2.75 bits per heavy atom. The first-order chi connectivity index (χ1) is 13.7. The SMILES string of the molecule is CN(C)Cc1ccc(CSCCNC(=NCC=Cc2ccccc2)NC#N)o1. The van der Waals surface area contributed by atoms with Crippen molar-refractivity contribution in [3.05, 3.63) is 65.6 Å². The summed E-state index contributed by atoms with van der Waals surface area (Å²) in [5.41, 5.74) is 1.13. The number of nitriles is 1. The zero-order valence-corrected chi connectivity index (χ0v) is 17.2. The van der Waals surface area contributed by atoms with Crippen molar-refractivity contribution in [3.63, 3.8) is 0 Å². The summed E-state index contributed by atoms with van der Waals surface area (Å²) in [6.07, 6.45) is 5.89. The van der Waals surface area contributed by atoms with Gasteiger partial charge < -0.3 is 14.6 Å². The Morgan fingerprint density at radius 2 is 2.00 bits per heavy atom. The van der Waals surface area contributed by atoms with Gasteiger partial charge in [0, 0.05) is 12.3 Å². The topological polar surface area (TPSA) is 76.6 Å². The molecule has 148 valence electrons. The third-order valence-corrected chi connectivity index (χ3v) is 4.59. The summed E-state index contributed by atoms with van der Waals surface area (Å²) in [4.78, 5) is 6.45. The Bertz CT molecular complexity index is 793. The van der Waals surface area contributed by atoms with Crippen LogP contribution in [0, 0.1) is 11.5 Å². The van der Waals surface area contributed by atoms with E-state index in [1.54, 1.807) is 11.8 Å². The lowest BCUT2D eigenvalue weighted by Crippen LogP contribution is -2.36. The molecule has 7 heteroatoms. The van der Waals surface area contributed by atoms with Gasteiger partial charge in [-0.05, 0) is 31.8 Å². The molecule has 1 heterocycles. The monoisotopic (exact) mass is 397 g/mol. The minimum Gasteiger partial charge on any atom is -0.464 e. The molecule has 0 atom stereocenters. The number of aliphatic imine (C=N–C) groups is 1. The molecule has 0 fully saturated rings. The summed E-state index contributed by atoms with van der Waals surface area (Å²) < 4.78 is 5.79. The second-order valence-electron chi connectivity index (χ2n) is 6.32. The van der Waals surface area contributed by atoms with Gasteiger partial charge in [0.25, 0.3) is 0 Å². The number of furan rings is 1. The number of nitrogens with zero attached hydrogens (tertiary/aromatic N) is 3. The molecule has 0 unspecified atom stereocenters. The smallest absolute Gasteiger partial charge is 0.205 e. The number of guanidine groups is 1. The molecule has 28 heavy (non-hydrogen) atoms. The number of thioether (sulfide) groups is 1. The third-order valence-electron chi connectivity index (χ3n) is 3.61. The standard InChI is InChI=1S/C21H27N5OS/c1-26(2)15-19-10-11-20(27-19)16-28-14-13-24-21(25-17-22)23-12-6-9-18-7-4-3-5-8-18/h3-11H,12-16H2,1-2H3,(H2,23,24,25). The number of nitrogens with one attached hydrogen (secondary N) is 2. The van der Waals surface area contributed by atoms with Crippen LogP contribution in [-0.4, -0.2) is 43.8 Å². The van der Waals surface area contributed by atoms with Crippen molar-refractivity contribution < 1.29 is 4.42 Å². The van der Waals surface area contributed by atoms with Crippen LogP contribution in [0.4, 0.5) is 0 Å². The minimum atomic E-state index is 0.493. The highest BCUT2D eigenvalue weighted by Crippen LogP contribution is 2.15. The van der Waals surface area contributed by atoms with Crippen molar-refractivity contribution in [1.29, 1.82) is 5.26 Å². The summed E-state index contributed by atoms with van der Waals surface area (Å²) in [6, 6.07) is 14.1. The van der Waals surface area contributed by atoms with Gasteiger partial charge in [0.05, 0.1) is 18.8 Å². The maximum atomic E-state index is 8.87. The molecule has 0 amide bonds. The molecular formula is C21H27N5OS. The largest absolute Gasteiger partial charge is 0.464 e. The molecule has 1 aromatic heterocycles. The highest BCUT2D eigenvalue weighted by molar-refractivity contribution is 7.98. The molecule has 1 aromatic carbocycles. The number of rotatable bonds is 10. The molecular weight excluding hydrogens is 370 g/mol. The normalized spacial score (nSPS) is 11.7. The molecule has 0 aliphatic heterocycles. The van der Waals surface area contributed by atoms with Crippen molar-refractivity contribution in [2.45, 2.75) is 12.3 Å². The zero-order valence-electron chi connectivity index (χ0n) is 16.4. The van der Waals surface area contributed by atoms with E-state index in [1.165, 1.54) is 0 Å². The molecule has 2 aromatic rings. The number of hydrogen-bond donors (Lipinski definition) is 2. The second kappa shape index (κ2) is 12.7. The van der Waals surface area contributed by atoms with Crippen molar-refractivity contribution in [2.24, 2.45) is 4.99 Å². The highest BCUT2D eigenvalue weighted by atomic mass is 32.2. The Kier molecular flexibility index (Phi) is 9.76. The van der Waals surface area contributed by atoms with Gasteiger partial charge in [-0.1, -0.05) is 42.5 Å². The first kappa shape index (κ1) is 21.6. The molecule has 6 nitrogen and oxygen atoms in total. The van der Waals surface area contributed by atoms with E-state index in [4.69, 9.17) is 9.68 Å². The minimum absolute atomic E-state index is 0.493. The lowest BCUT2D eigenvalue weighted by atomic mass is 10.2. The molecule has 0 radical (unpaired) electrons.